The predicted molar refractivity (Wildman–Crippen MR) is 85.2 cm³/mol. The Morgan fingerprint density at radius 2 is 1.95 bits per heavy atom. The molecule has 0 radical (unpaired) electrons. The van der Waals surface area contributed by atoms with Gasteiger partial charge in [0.25, 0.3) is 0 Å². The molecule has 0 aliphatic carbocycles. The molecule has 1 heterocycles. The Bertz CT molecular complexity index is 472. The molecule has 1 fully saturated rings. The van der Waals surface area contributed by atoms with Gasteiger partial charge in [0.15, 0.2) is 0 Å². The summed E-state index contributed by atoms with van der Waals surface area (Å²) in [5.74, 6) is 0.357. The summed E-state index contributed by atoms with van der Waals surface area (Å²) in [4.78, 5) is 12.1. The number of benzene rings is 1. The number of carbonyl (C=O) groups is 1. The van der Waals surface area contributed by atoms with Gasteiger partial charge in [-0.1, -0.05) is 32.9 Å². The van der Waals surface area contributed by atoms with Gasteiger partial charge in [0.2, 0.25) is 5.91 Å². The maximum Gasteiger partial charge on any atom is 0.223 e. The molecule has 1 aromatic carbocycles. The molecule has 1 unspecified atom stereocenters. The van der Waals surface area contributed by atoms with Gasteiger partial charge in [0, 0.05) is 17.9 Å². The van der Waals surface area contributed by atoms with Crippen LogP contribution >= 0.6 is 12.4 Å². The third kappa shape index (κ3) is 4.42. The maximum absolute atomic E-state index is 13.0. The zero-order chi connectivity index (χ0) is 14.8. The van der Waals surface area contributed by atoms with Crippen LogP contribution in [0.2, 0.25) is 0 Å². The van der Waals surface area contributed by atoms with Gasteiger partial charge in [-0.3, -0.25) is 4.79 Å². The van der Waals surface area contributed by atoms with Crippen molar-refractivity contribution >= 4 is 18.3 Å². The molecule has 1 amide bonds. The molecule has 118 valence electrons. The lowest BCUT2D eigenvalue weighted by Gasteiger charge is -2.33. The Hall–Kier alpha value is -1.13. The normalized spacial score (nSPS) is 16.6. The van der Waals surface area contributed by atoms with Crippen molar-refractivity contribution in [2.24, 2.45) is 11.8 Å². The van der Waals surface area contributed by atoms with Crippen LogP contribution in [0.1, 0.15) is 26.3 Å². The van der Waals surface area contributed by atoms with E-state index in [1.807, 2.05) is 6.92 Å². The number of amides is 1. The first-order valence-corrected chi connectivity index (χ1v) is 7.14. The second-order valence-corrected chi connectivity index (χ2v) is 6.32. The van der Waals surface area contributed by atoms with E-state index in [1.165, 1.54) is 12.1 Å². The van der Waals surface area contributed by atoms with Crippen LogP contribution < -0.4 is 10.6 Å². The van der Waals surface area contributed by atoms with Crippen LogP contribution in [0.4, 0.5) is 4.39 Å². The highest BCUT2D eigenvalue weighted by Crippen LogP contribution is 2.23. The third-order valence-electron chi connectivity index (χ3n) is 4.26. The Morgan fingerprint density at radius 1 is 1.38 bits per heavy atom. The third-order valence-corrected chi connectivity index (χ3v) is 4.26. The second kappa shape index (κ2) is 7.23. The Labute approximate surface area is 132 Å². The average Bonchev–Trinajstić information content (AvgIpc) is 2.34. The van der Waals surface area contributed by atoms with Crippen molar-refractivity contribution in [3.63, 3.8) is 0 Å². The van der Waals surface area contributed by atoms with Gasteiger partial charge >= 0.3 is 0 Å². The summed E-state index contributed by atoms with van der Waals surface area (Å²) in [6.07, 6.45) is 0. The molecule has 3 nitrogen and oxygen atoms in total. The van der Waals surface area contributed by atoms with E-state index in [2.05, 4.69) is 24.5 Å². The fourth-order valence-electron chi connectivity index (χ4n) is 2.35. The lowest BCUT2D eigenvalue weighted by atomic mass is 9.83. The zero-order valence-corrected chi connectivity index (χ0v) is 13.6. The van der Waals surface area contributed by atoms with Gasteiger partial charge < -0.3 is 10.6 Å². The van der Waals surface area contributed by atoms with Crippen LogP contribution in [-0.2, 0) is 10.2 Å². The smallest absolute Gasteiger partial charge is 0.223 e. The van der Waals surface area contributed by atoms with Gasteiger partial charge in [-0.15, -0.1) is 12.4 Å². The summed E-state index contributed by atoms with van der Waals surface area (Å²) in [5, 5.41) is 6.21. The van der Waals surface area contributed by atoms with Crippen molar-refractivity contribution in [2.75, 3.05) is 19.6 Å². The second-order valence-electron chi connectivity index (χ2n) is 6.32. The van der Waals surface area contributed by atoms with Gasteiger partial charge in [0.05, 0.1) is 0 Å². The van der Waals surface area contributed by atoms with Gasteiger partial charge in [-0.25, -0.2) is 4.39 Å². The molecule has 1 aliphatic heterocycles. The molecule has 2 rings (SSSR count). The summed E-state index contributed by atoms with van der Waals surface area (Å²) >= 11 is 0. The van der Waals surface area contributed by atoms with Crippen LogP contribution in [0, 0.1) is 17.7 Å². The zero-order valence-electron chi connectivity index (χ0n) is 12.8. The number of halogens is 2. The first-order valence-electron chi connectivity index (χ1n) is 7.14. The molecule has 1 atom stereocenters. The van der Waals surface area contributed by atoms with Crippen LogP contribution in [0.5, 0.6) is 0 Å². The van der Waals surface area contributed by atoms with E-state index in [0.29, 0.717) is 12.5 Å². The highest BCUT2D eigenvalue weighted by atomic mass is 35.5. The largest absolute Gasteiger partial charge is 0.355 e. The minimum absolute atomic E-state index is 0. The van der Waals surface area contributed by atoms with Crippen LogP contribution in [0.15, 0.2) is 24.3 Å². The van der Waals surface area contributed by atoms with E-state index in [1.54, 1.807) is 12.1 Å². The summed E-state index contributed by atoms with van der Waals surface area (Å²) in [6, 6.07) is 6.48. The summed E-state index contributed by atoms with van der Waals surface area (Å²) in [6.45, 7) is 8.49. The maximum atomic E-state index is 13.0. The Balaban J connectivity index is 0.00000220. The minimum Gasteiger partial charge on any atom is -0.355 e. The quantitative estimate of drug-likeness (QED) is 0.877. The molecule has 0 saturated carbocycles. The van der Waals surface area contributed by atoms with E-state index in [4.69, 9.17) is 0 Å². The van der Waals surface area contributed by atoms with E-state index in [9.17, 15) is 9.18 Å². The minimum atomic E-state index is -0.236. The number of hydrogen-bond acceptors (Lipinski definition) is 2. The lowest BCUT2D eigenvalue weighted by Crippen LogP contribution is -2.50. The number of nitrogens with one attached hydrogen (secondary N) is 2. The molecule has 2 N–H and O–H groups in total. The number of carbonyl (C=O) groups excluding carboxylic acids is 1. The molecule has 5 heteroatoms. The molecule has 0 spiro atoms. The van der Waals surface area contributed by atoms with Crippen molar-refractivity contribution in [1.29, 1.82) is 0 Å². The van der Waals surface area contributed by atoms with Crippen molar-refractivity contribution in [2.45, 2.75) is 26.2 Å². The number of hydrogen-bond donors (Lipinski definition) is 2. The van der Waals surface area contributed by atoms with E-state index >= 15 is 0 Å². The van der Waals surface area contributed by atoms with Crippen molar-refractivity contribution < 1.29 is 9.18 Å². The molecule has 21 heavy (non-hydrogen) atoms. The van der Waals surface area contributed by atoms with Crippen molar-refractivity contribution in [3.05, 3.63) is 35.6 Å². The topological polar surface area (TPSA) is 41.1 Å². The molecule has 0 aromatic heterocycles. The Kier molecular flexibility index (Phi) is 6.17. The van der Waals surface area contributed by atoms with E-state index in [0.717, 1.165) is 18.7 Å². The molecular formula is C16H24ClFN2O. The molecule has 1 aromatic rings. The highest BCUT2D eigenvalue weighted by Gasteiger charge is 2.30. The van der Waals surface area contributed by atoms with Crippen LogP contribution in [0.3, 0.4) is 0 Å². The molecule has 0 bridgehead atoms. The van der Waals surface area contributed by atoms with Crippen molar-refractivity contribution in [3.8, 4) is 0 Å². The van der Waals surface area contributed by atoms with Gasteiger partial charge in [-0.2, -0.15) is 0 Å². The van der Waals surface area contributed by atoms with Crippen LogP contribution in [-0.4, -0.2) is 25.5 Å². The van der Waals surface area contributed by atoms with Gasteiger partial charge in [-0.05, 0) is 36.7 Å². The fraction of sp³-hybridized carbons (Fsp3) is 0.562. The molecular weight excluding hydrogens is 291 g/mol. The SMILES string of the molecule is CC(C(=O)NCC(C)(C)c1ccc(F)cc1)C1CNC1.Cl. The summed E-state index contributed by atoms with van der Waals surface area (Å²) < 4.78 is 13.0. The summed E-state index contributed by atoms with van der Waals surface area (Å²) in [5.41, 5.74) is 0.818. The highest BCUT2D eigenvalue weighted by molar-refractivity contribution is 5.85. The predicted octanol–water partition coefficient (Wildman–Crippen LogP) is 2.50. The first kappa shape index (κ1) is 17.9. The van der Waals surface area contributed by atoms with Crippen molar-refractivity contribution in [1.82, 2.24) is 10.6 Å². The average molecular weight is 315 g/mol. The lowest BCUT2D eigenvalue weighted by molar-refractivity contribution is -0.126. The number of rotatable bonds is 5. The fourth-order valence-corrected chi connectivity index (χ4v) is 2.35. The monoisotopic (exact) mass is 314 g/mol. The van der Waals surface area contributed by atoms with E-state index in [-0.39, 0.29) is 35.5 Å². The molecule has 1 aliphatic rings. The van der Waals surface area contributed by atoms with Crippen LogP contribution in [0.25, 0.3) is 0 Å². The molecule has 1 saturated heterocycles. The first-order chi connectivity index (χ1) is 9.40. The van der Waals surface area contributed by atoms with Gasteiger partial charge in [0.1, 0.15) is 5.82 Å². The Morgan fingerprint density at radius 3 is 2.43 bits per heavy atom. The standard InChI is InChI=1S/C16H23FN2O.ClH/c1-11(12-8-18-9-12)15(20)19-10-16(2,3)13-4-6-14(17)7-5-13;/h4-7,11-12,18H,8-10H2,1-3H3,(H,19,20);1H. The summed E-state index contributed by atoms with van der Waals surface area (Å²) in [7, 11) is 0. The van der Waals surface area contributed by atoms with E-state index < -0.39 is 0 Å².